The standard InChI is InChI=1S/C8H10ClNO/c9-8(11)6-3-5-10-4-1-2-7(6)10/h1-5H2. The van der Waals surface area contributed by atoms with Gasteiger partial charge in [-0.1, -0.05) is 0 Å². The van der Waals surface area contributed by atoms with Gasteiger partial charge in [-0.3, -0.25) is 4.79 Å². The Hall–Kier alpha value is -0.500. The fraction of sp³-hybridized carbons (Fsp3) is 0.625. The second kappa shape index (κ2) is 2.52. The molecule has 0 aromatic rings. The highest BCUT2D eigenvalue weighted by atomic mass is 35.5. The Bertz CT molecular complexity index is 234. The molecule has 2 nitrogen and oxygen atoms in total. The Morgan fingerprint density at radius 3 is 2.91 bits per heavy atom. The van der Waals surface area contributed by atoms with Gasteiger partial charge in [0.15, 0.2) is 0 Å². The number of fused-ring (bicyclic) bond motifs is 1. The second-order valence-electron chi connectivity index (χ2n) is 3.04. The lowest BCUT2D eigenvalue weighted by Crippen LogP contribution is -2.13. The summed E-state index contributed by atoms with van der Waals surface area (Å²) >= 11 is 5.43. The van der Waals surface area contributed by atoms with E-state index in [-0.39, 0.29) is 5.24 Å². The minimum Gasteiger partial charge on any atom is -0.374 e. The van der Waals surface area contributed by atoms with Crippen molar-refractivity contribution >= 4 is 16.8 Å². The lowest BCUT2D eigenvalue weighted by molar-refractivity contribution is -0.108. The van der Waals surface area contributed by atoms with Gasteiger partial charge < -0.3 is 4.90 Å². The van der Waals surface area contributed by atoms with Crippen LogP contribution in [0, 0.1) is 0 Å². The van der Waals surface area contributed by atoms with Crippen molar-refractivity contribution in [3.63, 3.8) is 0 Å². The molecule has 0 amide bonds. The number of hydrogen-bond donors (Lipinski definition) is 0. The first kappa shape index (κ1) is 7.17. The predicted molar refractivity (Wildman–Crippen MR) is 43.3 cm³/mol. The largest absolute Gasteiger partial charge is 0.374 e. The van der Waals surface area contributed by atoms with Gasteiger partial charge in [-0.2, -0.15) is 0 Å². The van der Waals surface area contributed by atoms with Crippen LogP contribution in [0.15, 0.2) is 11.3 Å². The summed E-state index contributed by atoms with van der Waals surface area (Å²) in [5.41, 5.74) is 2.08. The number of halogens is 1. The monoisotopic (exact) mass is 171 g/mol. The second-order valence-corrected chi connectivity index (χ2v) is 3.38. The molecule has 2 aliphatic heterocycles. The van der Waals surface area contributed by atoms with Crippen molar-refractivity contribution in [2.24, 2.45) is 0 Å². The topological polar surface area (TPSA) is 20.3 Å². The third-order valence-corrected chi connectivity index (χ3v) is 2.67. The van der Waals surface area contributed by atoms with Gasteiger partial charge in [0.05, 0.1) is 0 Å². The van der Waals surface area contributed by atoms with Crippen LogP contribution in [0.1, 0.15) is 19.3 Å². The van der Waals surface area contributed by atoms with Crippen LogP contribution in [0.2, 0.25) is 0 Å². The summed E-state index contributed by atoms with van der Waals surface area (Å²) in [6, 6.07) is 0. The molecular formula is C8H10ClNO. The molecule has 2 aliphatic rings. The van der Waals surface area contributed by atoms with Crippen LogP contribution in [-0.2, 0) is 4.79 Å². The molecule has 0 spiro atoms. The molecule has 0 atom stereocenters. The van der Waals surface area contributed by atoms with E-state index < -0.39 is 0 Å². The lowest BCUT2D eigenvalue weighted by Gasteiger charge is -2.11. The minimum atomic E-state index is -0.246. The molecule has 2 heterocycles. The zero-order valence-electron chi connectivity index (χ0n) is 6.27. The number of carbonyl (C=O) groups excluding carboxylic acids is 1. The molecule has 0 saturated carbocycles. The van der Waals surface area contributed by atoms with Gasteiger partial charge in [0.2, 0.25) is 5.24 Å². The summed E-state index contributed by atoms with van der Waals surface area (Å²) in [4.78, 5) is 13.1. The number of nitrogens with zero attached hydrogens (tertiary/aromatic N) is 1. The van der Waals surface area contributed by atoms with E-state index in [0.29, 0.717) is 0 Å². The van der Waals surface area contributed by atoms with Crippen molar-refractivity contribution in [2.45, 2.75) is 19.3 Å². The maximum Gasteiger partial charge on any atom is 0.250 e. The van der Waals surface area contributed by atoms with Crippen molar-refractivity contribution in [1.82, 2.24) is 4.90 Å². The summed E-state index contributed by atoms with van der Waals surface area (Å²) in [5.74, 6) is 0. The summed E-state index contributed by atoms with van der Waals surface area (Å²) in [6.45, 7) is 2.12. The highest BCUT2D eigenvalue weighted by molar-refractivity contribution is 6.67. The normalized spacial score (nSPS) is 22.8. The quantitative estimate of drug-likeness (QED) is 0.558. The van der Waals surface area contributed by atoms with E-state index in [1.54, 1.807) is 0 Å². The zero-order chi connectivity index (χ0) is 7.84. The van der Waals surface area contributed by atoms with E-state index in [9.17, 15) is 4.79 Å². The molecule has 60 valence electrons. The summed E-state index contributed by atoms with van der Waals surface area (Å²) < 4.78 is 0. The van der Waals surface area contributed by atoms with Crippen molar-refractivity contribution in [2.75, 3.05) is 13.1 Å². The minimum absolute atomic E-state index is 0.246. The van der Waals surface area contributed by atoms with Crippen LogP contribution in [-0.4, -0.2) is 23.2 Å². The van der Waals surface area contributed by atoms with E-state index in [2.05, 4.69) is 4.90 Å². The fourth-order valence-corrected chi connectivity index (χ4v) is 2.13. The third kappa shape index (κ3) is 1.06. The molecule has 0 unspecified atom stereocenters. The maximum atomic E-state index is 10.9. The average Bonchev–Trinajstić information content (AvgIpc) is 2.41. The van der Waals surface area contributed by atoms with Crippen LogP contribution < -0.4 is 0 Å². The molecule has 0 aliphatic carbocycles. The molecule has 0 bridgehead atoms. The van der Waals surface area contributed by atoms with Gasteiger partial charge in [0.25, 0.3) is 0 Å². The molecule has 2 rings (SSSR count). The van der Waals surface area contributed by atoms with Crippen LogP contribution in [0.25, 0.3) is 0 Å². The fourth-order valence-electron chi connectivity index (χ4n) is 1.92. The lowest BCUT2D eigenvalue weighted by atomic mass is 10.2. The molecule has 0 aromatic heterocycles. The SMILES string of the molecule is O=C(Cl)C1=C2CCCN2CC1. The Morgan fingerprint density at radius 2 is 2.18 bits per heavy atom. The first-order valence-electron chi connectivity index (χ1n) is 3.96. The molecule has 1 fully saturated rings. The first-order chi connectivity index (χ1) is 5.29. The van der Waals surface area contributed by atoms with Gasteiger partial charge in [-0.25, -0.2) is 0 Å². The van der Waals surface area contributed by atoms with E-state index in [1.807, 2.05) is 0 Å². The van der Waals surface area contributed by atoms with Crippen molar-refractivity contribution in [1.29, 1.82) is 0 Å². The van der Waals surface area contributed by atoms with Crippen molar-refractivity contribution < 1.29 is 4.79 Å². The third-order valence-electron chi connectivity index (χ3n) is 2.44. The molecule has 0 N–H and O–H groups in total. The van der Waals surface area contributed by atoms with Gasteiger partial charge in [-0.15, -0.1) is 0 Å². The van der Waals surface area contributed by atoms with Gasteiger partial charge in [0.1, 0.15) is 0 Å². The Labute approximate surface area is 70.8 Å². The molecule has 3 heteroatoms. The first-order valence-corrected chi connectivity index (χ1v) is 4.33. The van der Waals surface area contributed by atoms with Gasteiger partial charge in [0, 0.05) is 24.4 Å². The molecular weight excluding hydrogens is 162 g/mol. The van der Waals surface area contributed by atoms with Gasteiger partial charge >= 0.3 is 0 Å². The molecule has 1 saturated heterocycles. The summed E-state index contributed by atoms with van der Waals surface area (Å²) in [5, 5.41) is -0.246. The van der Waals surface area contributed by atoms with E-state index in [1.165, 1.54) is 12.1 Å². The number of allylic oxidation sites excluding steroid dienone is 1. The summed E-state index contributed by atoms with van der Waals surface area (Å²) in [7, 11) is 0. The maximum absolute atomic E-state index is 10.9. The van der Waals surface area contributed by atoms with E-state index in [4.69, 9.17) is 11.6 Å². The van der Waals surface area contributed by atoms with Crippen molar-refractivity contribution in [3.05, 3.63) is 11.3 Å². The zero-order valence-corrected chi connectivity index (χ0v) is 7.02. The average molecular weight is 172 g/mol. The van der Waals surface area contributed by atoms with Crippen LogP contribution in [0.5, 0.6) is 0 Å². The molecule has 0 radical (unpaired) electrons. The Morgan fingerprint density at radius 1 is 1.36 bits per heavy atom. The van der Waals surface area contributed by atoms with E-state index in [0.717, 1.165) is 31.5 Å². The predicted octanol–water partition coefficient (Wildman–Crippen LogP) is 1.51. The Balaban J connectivity index is 2.30. The number of hydrogen-bond acceptors (Lipinski definition) is 2. The highest BCUT2D eigenvalue weighted by Crippen LogP contribution is 2.32. The van der Waals surface area contributed by atoms with E-state index >= 15 is 0 Å². The molecule has 11 heavy (non-hydrogen) atoms. The van der Waals surface area contributed by atoms with Crippen LogP contribution in [0.3, 0.4) is 0 Å². The number of carbonyl (C=O) groups is 1. The van der Waals surface area contributed by atoms with Crippen molar-refractivity contribution in [3.8, 4) is 0 Å². The number of rotatable bonds is 1. The van der Waals surface area contributed by atoms with Crippen LogP contribution in [0.4, 0.5) is 0 Å². The van der Waals surface area contributed by atoms with Crippen LogP contribution >= 0.6 is 11.6 Å². The highest BCUT2D eigenvalue weighted by Gasteiger charge is 2.28. The van der Waals surface area contributed by atoms with Gasteiger partial charge in [-0.05, 0) is 30.9 Å². The molecule has 0 aromatic carbocycles. The Kier molecular flexibility index (Phi) is 1.64. The summed E-state index contributed by atoms with van der Waals surface area (Å²) in [6.07, 6.45) is 3.09. The smallest absolute Gasteiger partial charge is 0.250 e.